The summed E-state index contributed by atoms with van der Waals surface area (Å²) in [5.74, 6) is 0. The second-order valence-electron chi connectivity index (χ2n) is 5.51. The van der Waals surface area contributed by atoms with Gasteiger partial charge in [-0.15, -0.1) is 0 Å². The molecule has 20 heavy (non-hydrogen) atoms. The average Bonchev–Trinajstić information content (AvgIpc) is 2.99. The first-order valence-corrected chi connectivity index (χ1v) is 7.59. The van der Waals surface area contributed by atoms with Crippen molar-refractivity contribution in [1.29, 1.82) is 0 Å². The van der Waals surface area contributed by atoms with Crippen molar-refractivity contribution in [2.75, 3.05) is 18.2 Å². The van der Waals surface area contributed by atoms with Gasteiger partial charge in [-0.1, -0.05) is 0 Å². The Labute approximate surface area is 121 Å². The summed E-state index contributed by atoms with van der Waals surface area (Å²) in [5, 5.41) is 0. The summed E-state index contributed by atoms with van der Waals surface area (Å²) < 4.78 is 5.73. The van der Waals surface area contributed by atoms with E-state index in [2.05, 4.69) is 46.2 Å². The lowest BCUT2D eigenvalue weighted by atomic mass is 9.92. The first-order chi connectivity index (χ1) is 9.86. The summed E-state index contributed by atoms with van der Waals surface area (Å²) in [6.45, 7) is 3.88. The van der Waals surface area contributed by atoms with E-state index in [0.29, 0.717) is 12.1 Å². The highest BCUT2D eigenvalue weighted by molar-refractivity contribution is 5.48. The Balaban J connectivity index is 1.53. The Morgan fingerprint density at radius 2 is 1.90 bits per heavy atom. The van der Waals surface area contributed by atoms with Crippen LogP contribution in [-0.2, 0) is 4.74 Å². The smallest absolute Gasteiger partial charge is 0.0944 e. The van der Waals surface area contributed by atoms with E-state index in [1.165, 1.54) is 31.4 Å². The zero-order chi connectivity index (χ0) is 13.8. The lowest BCUT2D eigenvalue weighted by molar-refractivity contribution is 0.0209. The van der Waals surface area contributed by atoms with E-state index in [9.17, 15) is 0 Å². The van der Waals surface area contributed by atoms with Crippen LogP contribution in [-0.4, -0.2) is 35.3 Å². The first-order valence-electron chi connectivity index (χ1n) is 7.59. The molecule has 1 aromatic rings. The minimum absolute atomic E-state index is 0.485. The fourth-order valence-corrected chi connectivity index (χ4v) is 3.16. The third-order valence-electron chi connectivity index (χ3n) is 4.26. The topological polar surface area (TPSA) is 28.6 Å². The summed E-state index contributed by atoms with van der Waals surface area (Å²) in [5.41, 5.74) is 1.21. The van der Waals surface area contributed by atoms with E-state index in [1.807, 2.05) is 12.4 Å². The van der Waals surface area contributed by atoms with E-state index < -0.39 is 0 Å². The summed E-state index contributed by atoms with van der Waals surface area (Å²) in [6.07, 6.45) is 13.4. The molecule has 0 amide bonds. The monoisotopic (exact) mass is 273 g/mol. The van der Waals surface area contributed by atoms with Crippen molar-refractivity contribution in [2.24, 2.45) is 0 Å². The van der Waals surface area contributed by atoms with Gasteiger partial charge >= 0.3 is 0 Å². The quantitative estimate of drug-likeness (QED) is 0.843. The number of pyridine rings is 1. The minimum Gasteiger partial charge on any atom is -0.379 e. The fourth-order valence-electron chi connectivity index (χ4n) is 3.16. The zero-order valence-corrected chi connectivity index (χ0v) is 12.1. The minimum atomic E-state index is 0.485. The van der Waals surface area contributed by atoms with Crippen LogP contribution in [0.1, 0.15) is 32.6 Å². The summed E-state index contributed by atoms with van der Waals surface area (Å²) in [6, 6.07) is 4.77. The lowest BCUT2D eigenvalue weighted by Gasteiger charge is -2.35. The second kappa shape index (κ2) is 6.27. The Morgan fingerprint density at radius 3 is 2.60 bits per heavy atom. The SMILES string of the molecule is CCOC1CCC(N2C=CN(c3ccncc3)C2)CC1. The van der Waals surface area contributed by atoms with Gasteiger partial charge in [0.25, 0.3) is 0 Å². The van der Waals surface area contributed by atoms with Crippen LogP contribution in [0.3, 0.4) is 0 Å². The molecule has 2 aliphatic rings. The van der Waals surface area contributed by atoms with Gasteiger partial charge in [-0.05, 0) is 44.7 Å². The normalized spacial score (nSPS) is 26.2. The zero-order valence-electron chi connectivity index (χ0n) is 12.1. The maximum Gasteiger partial charge on any atom is 0.0944 e. The molecule has 108 valence electrons. The molecule has 0 N–H and O–H groups in total. The lowest BCUT2D eigenvalue weighted by Crippen LogP contribution is -2.38. The summed E-state index contributed by atoms with van der Waals surface area (Å²) in [7, 11) is 0. The van der Waals surface area contributed by atoms with Crippen molar-refractivity contribution >= 4 is 5.69 Å². The number of anilines is 1. The molecule has 0 unspecified atom stereocenters. The Morgan fingerprint density at radius 1 is 1.15 bits per heavy atom. The van der Waals surface area contributed by atoms with Gasteiger partial charge in [0.15, 0.2) is 0 Å². The van der Waals surface area contributed by atoms with Gasteiger partial charge in [0, 0.05) is 43.1 Å². The molecule has 1 aliphatic carbocycles. The van der Waals surface area contributed by atoms with E-state index in [1.54, 1.807) is 0 Å². The molecule has 0 atom stereocenters. The van der Waals surface area contributed by atoms with E-state index >= 15 is 0 Å². The maximum absolute atomic E-state index is 5.73. The average molecular weight is 273 g/mol. The molecule has 4 heteroatoms. The van der Waals surface area contributed by atoms with Crippen LogP contribution in [0.2, 0.25) is 0 Å². The molecular weight excluding hydrogens is 250 g/mol. The molecule has 0 saturated heterocycles. The molecule has 1 aliphatic heterocycles. The number of rotatable bonds is 4. The number of hydrogen-bond acceptors (Lipinski definition) is 4. The molecular formula is C16H23N3O. The number of aromatic nitrogens is 1. The third kappa shape index (κ3) is 2.96. The highest BCUT2D eigenvalue weighted by Gasteiger charge is 2.27. The molecule has 1 aromatic heterocycles. The van der Waals surface area contributed by atoms with Crippen LogP contribution >= 0.6 is 0 Å². The first kappa shape index (κ1) is 13.4. The number of nitrogens with zero attached hydrogens (tertiary/aromatic N) is 3. The van der Waals surface area contributed by atoms with Gasteiger partial charge in [-0.3, -0.25) is 4.98 Å². The predicted molar refractivity (Wildman–Crippen MR) is 80.2 cm³/mol. The van der Waals surface area contributed by atoms with Crippen molar-refractivity contribution in [3.63, 3.8) is 0 Å². The van der Waals surface area contributed by atoms with Crippen LogP contribution in [0.25, 0.3) is 0 Å². The fraction of sp³-hybridized carbons (Fsp3) is 0.562. The van der Waals surface area contributed by atoms with Gasteiger partial charge in [-0.2, -0.15) is 0 Å². The Bertz CT molecular complexity index is 440. The summed E-state index contributed by atoms with van der Waals surface area (Å²) >= 11 is 0. The molecule has 1 saturated carbocycles. The maximum atomic E-state index is 5.73. The van der Waals surface area contributed by atoms with Crippen molar-refractivity contribution in [2.45, 2.75) is 44.8 Å². The van der Waals surface area contributed by atoms with Crippen molar-refractivity contribution < 1.29 is 4.74 Å². The van der Waals surface area contributed by atoms with Crippen LogP contribution in [0, 0.1) is 0 Å². The van der Waals surface area contributed by atoms with Gasteiger partial charge in [0.1, 0.15) is 0 Å². The van der Waals surface area contributed by atoms with Gasteiger partial charge < -0.3 is 14.5 Å². The van der Waals surface area contributed by atoms with Crippen LogP contribution in [0.4, 0.5) is 5.69 Å². The molecule has 4 nitrogen and oxygen atoms in total. The largest absolute Gasteiger partial charge is 0.379 e. The molecule has 3 rings (SSSR count). The molecule has 2 heterocycles. The van der Waals surface area contributed by atoms with Crippen LogP contribution in [0.15, 0.2) is 36.9 Å². The number of ether oxygens (including phenoxy) is 1. The van der Waals surface area contributed by atoms with Gasteiger partial charge in [0.2, 0.25) is 0 Å². The van der Waals surface area contributed by atoms with Gasteiger partial charge in [0.05, 0.1) is 12.8 Å². The molecule has 0 bridgehead atoms. The standard InChI is InChI=1S/C16H23N3O/c1-2-20-16-5-3-14(4-6-16)18-11-12-19(13-18)15-7-9-17-10-8-15/h7-12,14,16H,2-6,13H2,1H3. The molecule has 0 radical (unpaired) electrons. The van der Waals surface area contributed by atoms with Crippen molar-refractivity contribution in [3.05, 3.63) is 36.9 Å². The molecule has 1 fully saturated rings. The van der Waals surface area contributed by atoms with E-state index in [0.717, 1.165) is 13.3 Å². The number of hydrogen-bond donors (Lipinski definition) is 0. The summed E-state index contributed by atoms with van der Waals surface area (Å²) in [4.78, 5) is 8.81. The van der Waals surface area contributed by atoms with Gasteiger partial charge in [-0.25, -0.2) is 0 Å². The highest BCUT2D eigenvalue weighted by Crippen LogP contribution is 2.28. The Kier molecular flexibility index (Phi) is 4.21. The van der Waals surface area contributed by atoms with E-state index in [-0.39, 0.29) is 0 Å². The highest BCUT2D eigenvalue weighted by atomic mass is 16.5. The predicted octanol–water partition coefficient (Wildman–Crippen LogP) is 2.98. The molecule has 0 aromatic carbocycles. The Hall–Kier alpha value is -1.55. The second-order valence-corrected chi connectivity index (χ2v) is 5.51. The third-order valence-corrected chi connectivity index (χ3v) is 4.26. The van der Waals surface area contributed by atoms with Crippen molar-refractivity contribution in [3.8, 4) is 0 Å². The van der Waals surface area contributed by atoms with Crippen LogP contribution < -0.4 is 4.90 Å². The van der Waals surface area contributed by atoms with Crippen LogP contribution in [0.5, 0.6) is 0 Å². The molecule has 0 spiro atoms. The van der Waals surface area contributed by atoms with Crippen molar-refractivity contribution in [1.82, 2.24) is 9.88 Å². The van der Waals surface area contributed by atoms with E-state index in [4.69, 9.17) is 4.74 Å².